The van der Waals surface area contributed by atoms with E-state index in [1.807, 2.05) is 19.9 Å². The van der Waals surface area contributed by atoms with Crippen LogP contribution in [0.1, 0.15) is 41.6 Å². The lowest BCUT2D eigenvalue weighted by molar-refractivity contribution is -0.132. The van der Waals surface area contributed by atoms with Gasteiger partial charge in [0.05, 0.1) is 37.0 Å². The fourth-order valence-corrected chi connectivity index (χ4v) is 4.26. The molecule has 0 aliphatic carbocycles. The van der Waals surface area contributed by atoms with Gasteiger partial charge >= 0.3 is 0 Å². The van der Waals surface area contributed by atoms with Gasteiger partial charge in [0.25, 0.3) is 11.7 Å². The Morgan fingerprint density at radius 2 is 1.75 bits per heavy atom. The molecular formula is C29H26N2O5. The second kappa shape index (κ2) is 10.4. The van der Waals surface area contributed by atoms with Crippen LogP contribution in [0.4, 0.5) is 5.69 Å². The van der Waals surface area contributed by atoms with Gasteiger partial charge in [0.1, 0.15) is 17.3 Å². The molecule has 1 fully saturated rings. The second-order valence-electron chi connectivity index (χ2n) is 8.43. The number of aliphatic hydroxyl groups excluding tert-OH is 1. The van der Waals surface area contributed by atoms with Crippen LogP contribution in [0.2, 0.25) is 0 Å². The van der Waals surface area contributed by atoms with Gasteiger partial charge in [-0.15, -0.1) is 0 Å². The van der Waals surface area contributed by atoms with Crippen molar-refractivity contribution in [2.24, 2.45) is 0 Å². The number of nitriles is 1. The van der Waals surface area contributed by atoms with Gasteiger partial charge in [-0.2, -0.15) is 5.26 Å². The van der Waals surface area contributed by atoms with E-state index in [0.717, 1.165) is 12.0 Å². The van der Waals surface area contributed by atoms with Crippen molar-refractivity contribution in [3.63, 3.8) is 0 Å². The molecule has 1 unspecified atom stereocenters. The Labute approximate surface area is 209 Å². The van der Waals surface area contributed by atoms with E-state index in [4.69, 9.17) is 14.7 Å². The van der Waals surface area contributed by atoms with Crippen molar-refractivity contribution in [3.05, 3.63) is 94.6 Å². The molecule has 1 aliphatic rings. The van der Waals surface area contributed by atoms with Gasteiger partial charge in [-0.3, -0.25) is 14.5 Å². The number of methoxy groups -OCH3 is 1. The number of hydrogen-bond acceptors (Lipinski definition) is 6. The number of anilines is 1. The Kier molecular flexibility index (Phi) is 7.07. The van der Waals surface area contributed by atoms with Crippen LogP contribution in [0.3, 0.4) is 0 Å². The molecule has 3 aromatic carbocycles. The topological polar surface area (TPSA) is 99.9 Å². The minimum Gasteiger partial charge on any atom is -0.507 e. The number of carbonyl (C=O) groups is 2. The van der Waals surface area contributed by atoms with E-state index >= 15 is 0 Å². The summed E-state index contributed by atoms with van der Waals surface area (Å²) in [4.78, 5) is 28.0. The molecule has 7 heteroatoms. The molecule has 1 aliphatic heterocycles. The van der Waals surface area contributed by atoms with Gasteiger partial charge in [-0.25, -0.2) is 0 Å². The van der Waals surface area contributed by atoms with E-state index in [0.29, 0.717) is 40.5 Å². The van der Waals surface area contributed by atoms with E-state index in [1.54, 1.807) is 73.8 Å². The molecular weight excluding hydrogens is 456 g/mol. The predicted octanol–water partition coefficient (Wildman–Crippen LogP) is 5.29. The lowest BCUT2D eigenvalue weighted by Gasteiger charge is -2.25. The number of benzene rings is 3. The molecule has 0 aromatic heterocycles. The third-order valence-electron chi connectivity index (χ3n) is 6.06. The van der Waals surface area contributed by atoms with Crippen LogP contribution in [0.15, 0.2) is 72.3 Å². The largest absolute Gasteiger partial charge is 0.507 e. The van der Waals surface area contributed by atoms with Crippen molar-refractivity contribution in [2.45, 2.75) is 26.3 Å². The van der Waals surface area contributed by atoms with Crippen molar-refractivity contribution < 1.29 is 24.2 Å². The zero-order chi connectivity index (χ0) is 25.8. The summed E-state index contributed by atoms with van der Waals surface area (Å²) < 4.78 is 11.0. The summed E-state index contributed by atoms with van der Waals surface area (Å²) in [7, 11) is 1.55. The van der Waals surface area contributed by atoms with Crippen LogP contribution in [0, 0.1) is 18.3 Å². The van der Waals surface area contributed by atoms with Crippen LogP contribution in [-0.4, -0.2) is 30.5 Å². The minimum absolute atomic E-state index is 0.0175. The van der Waals surface area contributed by atoms with E-state index in [2.05, 4.69) is 0 Å². The number of hydrogen-bond donors (Lipinski definition) is 1. The zero-order valence-corrected chi connectivity index (χ0v) is 20.3. The normalized spacial score (nSPS) is 16.6. The van der Waals surface area contributed by atoms with Crippen LogP contribution in [-0.2, 0) is 9.59 Å². The Hall–Kier alpha value is -4.57. The Bertz CT molecular complexity index is 1370. The van der Waals surface area contributed by atoms with Gasteiger partial charge in [-0.1, -0.05) is 19.1 Å². The van der Waals surface area contributed by atoms with E-state index in [-0.39, 0.29) is 11.3 Å². The molecule has 1 saturated heterocycles. The van der Waals surface area contributed by atoms with Gasteiger partial charge in [0.2, 0.25) is 0 Å². The minimum atomic E-state index is -0.874. The average molecular weight is 483 g/mol. The average Bonchev–Trinajstić information content (AvgIpc) is 3.17. The summed E-state index contributed by atoms with van der Waals surface area (Å²) >= 11 is 0. The first-order chi connectivity index (χ1) is 17.4. The highest BCUT2D eigenvalue weighted by Crippen LogP contribution is 2.42. The quantitative estimate of drug-likeness (QED) is 0.279. The molecule has 36 heavy (non-hydrogen) atoms. The maximum absolute atomic E-state index is 13.3. The molecule has 1 atom stereocenters. The number of aryl methyl sites for hydroxylation is 1. The van der Waals surface area contributed by atoms with Gasteiger partial charge in [-0.05, 0) is 79.1 Å². The van der Waals surface area contributed by atoms with Crippen LogP contribution in [0.5, 0.6) is 11.5 Å². The second-order valence-corrected chi connectivity index (χ2v) is 8.43. The van der Waals surface area contributed by atoms with Crippen LogP contribution < -0.4 is 14.4 Å². The molecule has 0 radical (unpaired) electrons. The Morgan fingerprint density at radius 1 is 1.06 bits per heavy atom. The molecule has 0 bridgehead atoms. The number of ketones is 1. The molecule has 1 N–H and O–H groups in total. The summed E-state index contributed by atoms with van der Waals surface area (Å²) in [5, 5.41) is 20.5. The van der Waals surface area contributed by atoms with E-state index < -0.39 is 17.7 Å². The smallest absolute Gasteiger partial charge is 0.300 e. The predicted molar refractivity (Wildman–Crippen MR) is 136 cm³/mol. The fraction of sp³-hybridized carbons (Fsp3) is 0.207. The first kappa shape index (κ1) is 24.6. The number of rotatable bonds is 7. The lowest BCUT2D eigenvalue weighted by atomic mass is 9.94. The van der Waals surface area contributed by atoms with Crippen LogP contribution in [0.25, 0.3) is 5.76 Å². The van der Waals surface area contributed by atoms with Gasteiger partial charge in [0.15, 0.2) is 0 Å². The molecule has 0 saturated carbocycles. The van der Waals surface area contributed by atoms with Gasteiger partial charge in [0, 0.05) is 11.3 Å². The maximum Gasteiger partial charge on any atom is 0.300 e. The Morgan fingerprint density at radius 3 is 2.33 bits per heavy atom. The molecule has 7 nitrogen and oxygen atoms in total. The van der Waals surface area contributed by atoms with E-state index in [1.165, 1.54) is 4.90 Å². The number of nitrogens with zero attached hydrogens (tertiary/aromatic N) is 2. The van der Waals surface area contributed by atoms with E-state index in [9.17, 15) is 14.7 Å². The standard InChI is InChI=1S/C29H26N2O5/c1-4-15-36-23-12-7-20(8-13-23)26-25(27(32)21-9-14-24(35-3)18(2)16-21)28(33)29(34)31(26)22-10-5-19(17-30)6-11-22/h5-14,16,26,32H,4,15H2,1-3H3/b27-25-. The maximum atomic E-state index is 13.3. The zero-order valence-electron chi connectivity index (χ0n) is 20.3. The number of amides is 1. The number of Topliss-reactive ketones (excluding diaryl/α,β-unsaturated/α-hetero) is 1. The summed E-state index contributed by atoms with van der Waals surface area (Å²) in [6, 6.07) is 19.8. The first-order valence-corrected chi connectivity index (χ1v) is 11.6. The molecule has 182 valence electrons. The third-order valence-corrected chi connectivity index (χ3v) is 6.06. The van der Waals surface area contributed by atoms with Crippen molar-refractivity contribution >= 4 is 23.1 Å². The number of carbonyl (C=O) groups excluding carboxylic acids is 2. The SMILES string of the molecule is CCCOc1ccc(C2/C(=C(/O)c3ccc(OC)c(C)c3)C(=O)C(=O)N2c2ccc(C#N)cc2)cc1. The highest BCUT2D eigenvalue weighted by atomic mass is 16.5. The van der Waals surface area contributed by atoms with Crippen molar-refractivity contribution in [2.75, 3.05) is 18.6 Å². The lowest BCUT2D eigenvalue weighted by Crippen LogP contribution is -2.29. The highest BCUT2D eigenvalue weighted by Gasteiger charge is 2.47. The molecule has 1 heterocycles. The molecule has 3 aromatic rings. The summed E-state index contributed by atoms with van der Waals surface area (Å²) in [6.07, 6.45) is 0.863. The van der Waals surface area contributed by atoms with Crippen molar-refractivity contribution in [1.29, 1.82) is 5.26 Å². The molecule has 4 rings (SSSR count). The highest BCUT2D eigenvalue weighted by molar-refractivity contribution is 6.51. The van der Waals surface area contributed by atoms with Gasteiger partial charge < -0.3 is 14.6 Å². The van der Waals surface area contributed by atoms with Crippen molar-refractivity contribution in [3.8, 4) is 17.6 Å². The fourth-order valence-electron chi connectivity index (χ4n) is 4.26. The monoisotopic (exact) mass is 482 g/mol. The summed E-state index contributed by atoms with van der Waals surface area (Å²) in [5.74, 6) is -0.512. The number of aliphatic hydroxyl groups is 1. The third kappa shape index (κ3) is 4.53. The molecule has 0 spiro atoms. The summed E-state index contributed by atoms with van der Waals surface area (Å²) in [6.45, 7) is 4.41. The van der Waals surface area contributed by atoms with Crippen molar-refractivity contribution in [1.82, 2.24) is 0 Å². The molecule has 1 amide bonds. The first-order valence-electron chi connectivity index (χ1n) is 11.6. The summed E-state index contributed by atoms with van der Waals surface area (Å²) in [5.41, 5.74) is 2.66. The number of ether oxygens (including phenoxy) is 2. The van der Waals surface area contributed by atoms with Crippen LogP contribution >= 0.6 is 0 Å². The Balaban J connectivity index is 1.87.